The zero-order valence-corrected chi connectivity index (χ0v) is 7.73. The largest absolute Gasteiger partial charge is 0.368 e. The molecular weight excluding hydrogens is 184 g/mol. The Labute approximate surface area is 75.7 Å². The lowest BCUT2D eigenvalue weighted by atomic mass is 10.3. The summed E-state index contributed by atoms with van der Waals surface area (Å²) in [6.45, 7) is 1.29. The maximum absolute atomic E-state index is 10.6. The van der Waals surface area contributed by atoms with Crippen LogP contribution in [0.15, 0.2) is 0 Å². The van der Waals surface area contributed by atoms with E-state index < -0.39 is 16.5 Å². The number of thiol groups is 2. The van der Waals surface area contributed by atoms with Gasteiger partial charge < -0.3 is 11.1 Å². The van der Waals surface area contributed by atoms with Crippen molar-refractivity contribution in [1.29, 1.82) is 0 Å². The first-order valence-corrected chi connectivity index (χ1v) is 3.91. The molecule has 0 fully saturated rings. The summed E-state index contributed by atoms with van der Waals surface area (Å²) >= 11 is 7.71. The number of amides is 2. The monoisotopic (exact) mass is 194 g/mol. The Hall–Kier alpha value is -0.360. The highest BCUT2D eigenvalue weighted by Gasteiger charge is 2.21. The number of nitrogens with two attached hydrogens (primary N) is 1. The molecule has 2 amide bonds. The molecule has 0 aromatic carbocycles. The molecule has 0 radical (unpaired) electrons. The van der Waals surface area contributed by atoms with Crippen molar-refractivity contribution in [1.82, 2.24) is 5.32 Å². The van der Waals surface area contributed by atoms with E-state index in [-0.39, 0.29) is 5.91 Å². The van der Waals surface area contributed by atoms with Crippen LogP contribution in [0.25, 0.3) is 0 Å². The third-order valence-corrected chi connectivity index (χ3v) is 1.56. The summed E-state index contributed by atoms with van der Waals surface area (Å²) in [4.78, 5) is 21.1. The molecule has 0 aliphatic heterocycles. The van der Waals surface area contributed by atoms with Crippen LogP contribution in [0, 0.1) is 0 Å². The van der Waals surface area contributed by atoms with E-state index in [4.69, 9.17) is 5.73 Å². The minimum Gasteiger partial charge on any atom is -0.368 e. The molecule has 0 aromatic rings. The molecule has 1 atom stereocenters. The molecule has 0 aliphatic carbocycles. The van der Waals surface area contributed by atoms with E-state index in [0.29, 0.717) is 0 Å². The highest BCUT2D eigenvalue weighted by molar-refractivity contribution is 7.99. The fourth-order valence-electron chi connectivity index (χ4n) is 0.512. The van der Waals surface area contributed by atoms with Crippen molar-refractivity contribution in [2.45, 2.75) is 17.5 Å². The van der Waals surface area contributed by atoms with E-state index in [1.54, 1.807) is 0 Å². The standard InChI is InChI=1S/C5H10N2O2S2/c1-2(8)7-3(4(6)9)5(10)11/h3,5,10-11H,1H3,(H2,6,9)(H,7,8). The van der Waals surface area contributed by atoms with Crippen molar-refractivity contribution >= 4 is 37.1 Å². The van der Waals surface area contributed by atoms with Gasteiger partial charge in [-0.1, -0.05) is 0 Å². The Morgan fingerprint density at radius 3 is 2.00 bits per heavy atom. The van der Waals surface area contributed by atoms with Crippen molar-refractivity contribution in [3.8, 4) is 0 Å². The quantitative estimate of drug-likeness (QED) is 0.349. The SMILES string of the molecule is CC(=O)NC(C(N)=O)C(S)S. The molecule has 0 bridgehead atoms. The predicted octanol–water partition coefficient (Wildman–Crippen LogP) is -0.838. The smallest absolute Gasteiger partial charge is 0.242 e. The third kappa shape index (κ3) is 4.15. The number of carbonyl (C=O) groups is 2. The van der Waals surface area contributed by atoms with Gasteiger partial charge in [-0.15, -0.1) is 0 Å². The van der Waals surface area contributed by atoms with Crippen LogP contribution < -0.4 is 11.1 Å². The summed E-state index contributed by atoms with van der Waals surface area (Å²) in [5, 5.41) is 2.31. The van der Waals surface area contributed by atoms with E-state index in [9.17, 15) is 9.59 Å². The molecule has 0 saturated heterocycles. The summed E-state index contributed by atoms with van der Waals surface area (Å²) in [5.74, 6) is -0.975. The lowest BCUT2D eigenvalue weighted by molar-refractivity contribution is -0.125. The van der Waals surface area contributed by atoms with E-state index in [1.165, 1.54) is 6.92 Å². The summed E-state index contributed by atoms with van der Waals surface area (Å²) in [7, 11) is 0. The van der Waals surface area contributed by atoms with Crippen LogP contribution in [0.5, 0.6) is 0 Å². The van der Waals surface area contributed by atoms with Gasteiger partial charge in [0.25, 0.3) is 0 Å². The van der Waals surface area contributed by atoms with Gasteiger partial charge in [0.2, 0.25) is 11.8 Å². The average molecular weight is 194 g/mol. The second-order valence-corrected chi connectivity index (χ2v) is 3.51. The lowest BCUT2D eigenvalue weighted by Gasteiger charge is -2.15. The first kappa shape index (κ1) is 10.6. The maximum Gasteiger partial charge on any atom is 0.242 e. The van der Waals surface area contributed by atoms with Crippen LogP contribution >= 0.6 is 25.3 Å². The number of hydrogen-bond acceptors (Lipinski definition) is 4. The Balaban J connectivity index is 4.12. The van der Waals surface area contributed by atoms with Gasteiger partial charge in [-0.25, -0.2) is 0 Å². The maximum atomic E-state index is 10.6. The lowest BCUT2D eigenvalue weighted by Crippen LogP contribution is -2.47. The van der Waals surface area contributed by atoms with Crippen molar-refractivity contribution in [2.75, 3.05) is 0 Å². The Morgan fingerprint density at radius 1 is 1.45 bits per heavy atom. The summed E-state index contributed by atoms with van der Waals surface area (Å²) < 4.78 is -0.573. The Bertz CT molecular complexity index is 172. The summed E-state index contributed by atoms with van der Waals surface area (Å²) in [6, 6.07) is -0.820. The zero-order valence-electron chi connectivity index (χ0n) is 5.94. The van der Waals surface area contributed by atoms with Crippen LogP contribution in [-0.2, 0) is 9.59 Å². The fraction of sp³-hybridized carbons (Fsp3) is 0.600. The van der Waals surface area contributed by atoms with E-state index in [2.05, 4.69) is 30.6 Å². The second-order valence-electron chi connectivity index (χ2n) is 1.99. The summed E-state index contributed by atoms with van der Waals surface area (Å²) in [5.41, 5.74) is 4.93. The summed E-state index contributed by atoms with van der Waals surface area (Å²) in [6.07, 6.45) is 0. The van der Waals surface area contributed by atoms with Crippen LogP contribution in [0.2, 0.25) is 0 Å². The van der Waals surface area contributed by atoms with Gasteiger partial charge >= 0.3 is 0 Å². The molecule has 6 heteroatoms. The molecule has 0 saturated carbocycles. The van der Waals surface area contributed by atoms with E-state index >= 15 is 0 Å². The Kier molecular flexibility index (Phi) is 4.36. The molecule has 64 valence electrons. The van der Waals surface area contributed by atoms with Crippen LogP contribution in [0.4, 0.5) is 0 Å². The Morgan fingerprint density at radius 2 is 1.91 bits per heavy atom. The van der Waals surface area contributed by atoms with Crippen LogP contribution in [0.3, 0.4) is 0 Å². The fourth-order valence-corrected chi connectivity index (χ4v) is 0.954. The molecule has 1 unspecified atom stereocenters. The van der Waals surface area contributed by atoms with E-state index in [1.807, 2.05) is 0 Å². The highest BCUT2D eigenvalue weighted by atomic mass is 32.2. The minimum absolute atomic E-state index is 0.332. The van der Waals surface area contributed by atoms with Gasteiger partial charge in [-0.2, -0.15) is 25.3 Å². The zero-order chi connectivity index (χ0) is 9.02. The number of primary amides is 1. The molecule has 4 nitrogen and oxygen atoms in total. The topological polar surface area (TPSA) is 72.2 Å². The first-order valence-electron chi connectivity index (χ1n) is 2.87. The molecular formula is C5H10N2O2S2. The van der Waals surface area contributed by atoms with Crippen molar-refractivity contribution in [2.24, 2.45) is 5.73 Å². The molecule has 0 aromatic heterocycles. The van der Waals surface area contributed by atoms with Gasteiger partial charge in [0.15, 0.2) is 0 Å². The van der Waals surface area contributed by atoms with Gasteiger partial charge in [-0.3, -0.25) is 9.59 Å². The van der Waals surface area contributed by atoms with E-state index in [0.717, 1.165) is 0 Å². The van der Waals surface area contributed by atoms with Crippen molar-refractivity contribution < 1.29 is 9.59 Å². The minimum atomic E-state index is -0.820. The van der Waals surface area contributed by atoms with Crippen molar-refractivity contribution in [3.05, 3.63) is 0 Å². The van der Waals surface area contributed by atoms with Gasteiger partial charge in [0.05, 0.1) is 4.58 Å². The van der Waals surface area contributed by atoms with Crippen LogP contribution in [0.1, 0.15) is 6.92 Å². The molecule has 0 heterocycles. The number of rotatable bonds is 3. The predicted molar refractivity (Wildman–Crippen MR) is 48.6 cm³/mol. The van der Waals surface area contributed by atoms with Crippen molar-refractivity contribution in [3.63, 3.8) is 0 Å². The molecule has 0 rings (SSSR count). The molecule has 11 heavy (non-hydrogen) atoms. The van der Waals surface area contributed by atoms with Gasteiger partial charge in [0.1, 0.15) is 6.04 Å². The first-order chi connectivity index (χ1) is 4.95. The molecule has 3 N–H and O–H groups in total. The van der Waals surface area contributed by atoms with Gasteiger partial charge in [0, 0.05) is 6.92 Å². The highest BCUT2D eigenvalue weighted by Crippen LogP contribution is 2.05. The second kappa shape index (κ2) is 4.50. The normalized spacial score (nSPS) is 12.7. The molecule has 0 aliphatic rings. The molecule has 0 spiro atoms. The average Bonchev–Trinajstić information content (AvgIpc) is 1.81. The number of hydrogen-bond donors (Lipinski definition) is 4. The third-order valence-electron chi connectivity index (χ3n) is 0.963. The van der Waals surface area contributed by atoms with Gasteiger partial charge in [-0.05, 0) is 0 Å². The van der Waals surface area contributed by atoms with Crippen LogP contribution in [-0.4, -0.2) is 22.4 Å². The number of carbonyl (C=O) groups excluding carboxylic acids is 2. The number of nitrogens with one attached hydrogen (secondary N) is 1.